The maximum absolute atomic E-state index is 10.6. The molecule has 0 fully saturated rings. The number of nitrogens with one attached hydrogen (secondary N) is 1. The van der Waals surface area contributed by atoms with E-state index in [0.717, 1.165) is 29.5 Å². The van der Waals surface area contributed by atoms with Crippen molar-refractivity contribution in [3.05, 3.63) is 44.8 Å². The molecule has 0 saturated heterocycles. The smallest absolute Gasteiger partial charge is 0.400 e. The molecule has 1 aliphatic carbocycles. The Labute approximate surface area is 134 Å². The van der Waals surface area contributed by atoms with Gasteiger partial charge in [0.1, 0.15) is 16.1 Å². The van der Waals surface area contributed by atoms with Crippen molar-refractivity contribution in [1.29, 1.82) is 0 Å². The van der Waals surface area contributed by atoms with Crippen molar-refractivity contribution in [2.75, 3.05) is 5.43 Å². The summed E-state index contributed by atoms with van der Waals surface area (Å²) in [5.41, 5.74) is 4.19. The SMILES string of the molecule is O=[N+]([O-])c1ccc(/C=N/Nc2ncnc3sc4c(c23)CCC4)o1. The number of thiophene rings is 1. The minimum absolute atomic E-state index is 0.296. The van der Waals surface area contributed by atoms with E-state index in [4.69, 9.17) is 4.42 Å². The van der Waals surface area contributed by atoms with Crippen molar-refractivity contribution in [3.8, 4) is 0 Å². The van der Waals surface area contributed by atoms with Gasteiger partial charge < -0.3 is 4.42 Å². The third-order valence-electron chi connectivity index (χ3n) is 3.66. The van der Waals surface area contributed by atoms with Gasteiger partial charge >= 0.3 is 5.88 Å². The zero-order valence-corrected chi connectivity index (χ0v) is 12.7. The molecule has 1 N–H and O–H groups in total. The molecule has 3 heterocycles. The van der Waals surface area contributed by atoms with E-state index in [1.807, 2.05) is 0 Å². The predicted octanol–water partition coefficient (Wildman–Crippen LogP) is 3.13. The quantitative estimate of drug-likeness (QED) is 0.448. The average Bonchev–Trinajstić information content (AvgIpc) is 3.21. The highest BCUT2D eigenvalue weighted by molar-refractivity contribution is 7.19. The Morgan fingerprint density at radius 2 is 2.30 bits per heavy atom. The average molecular weight is 329 g/mol. The van der Waals surface area contributed by atoms with Gasteiger partial charge in [-0.15, -0.1) is 11.3 Å². The van der Waals surface area contributed by atoms with Gasteiger partial charge in [-0.1, -0.05) is 0 Å². The third kappa shape index (κ3) is 2.44. The topological polar surface area (TPSA) is 106 Å². The maximum atomic E-state index is 10.6. The van der Waals surface area contributed by atoms with Crippen molar-refractivity contribution in [2.24, 2.45) is 5.10 Å². The second-order valence-electron chi connectivity index (χ2n) is 5.06. The number of rotatable bonds is 4. The Bertz CT molecular complexity index is 930. The molecule has 0 atom stereocenters. The Kier molecular flexibility index (Phi) is 3.27. The Morgan fingerprint density at radius 3 is 3.13 bits per heavy atom. The van der Waals surface area contributed by atoms with Crippen LogP contribution in [-0.4, -0.2) is 21.1 Å². The lowest BCUT2D eigenvalue weighted by molar-refractivity contribution is -0.402. The predicted molar refractivity (Wildman–Crippen MR) is 86.0 cm³/mol. The molecule has 8 nitrogen and oxygen atoms in total. The number of anilines is 1. The zero-order chi connectivity index (χ0) is 15.8. The molecule has 116 valence electrons. The summed E-state index contributed by atoms with van der Waals surface area (Å²) < 4.78 is 5.01. The monoisotopic (exact) mass is 329 g/mol. The number of hydrogen-bond donors (Lipinski definition) is 1. The summed E-state index contributed by atoms with van der Waals surface area (Å²) in [6, 6.07) is 2.77. The summed E-state index contributed by atoms with van der Waals surface area (Å²) in [6.07, 6.45) is 6.17. The van der Waals surface area contributed by atoms with Gasteiger partial charge in [0.2, 0.25) is 0 Å². The second kappa shape index (κ2) is 5.43. The van der Waals surface area contributed by atoms with Gasteiger partial charge in [0.05, 0.1) is 17.7 Å². The first-order chi connectivity index (χ1) is 11.2. The highest BCUT2D eigenvalue weighted by atomic mass is 32.1. The van der Waals surface area contributed by atoms with E-state index in [-0.39, 0.29) is 5.88 Å². The molecule has 9 heteroatoms. The molecule has 3 aromatic rings. The molecular formula is C14H11N5O3S. The van der Waals surface area contributed by atoms with Gasteiger partial charge in [-0.25, -0.2) is 9.97 Å². The largest absolute Gasteiger partial charge is 0.433 e. The number of fused-ring (bicyclic) bond motifs is 3. The Balaban J connectivity index is 1.60. The number of furan rings is 1. The number of aryl methyl sites for hydroxylation is 2. The van der Waals surface area contributed by atoms with E-state index >= 15 is 0 Å². The van der Waals surface area contributed by atoms with Crippen molar-refractivity contribution in [3.63, 3.8) is 0 Å². The van der Waals surface area contributed by atoms with Crippen molar-refractivity contribution in [1.82, 2.24) is 9.97 Å². The van der Waals surface area contributed by atoms with Crippen LogP contribution >= 0.6 is 11.3 Å². The maximum Gasteiger partial charge on any atom is 0.433 e. The molecule has 0 radical (unpaired) electrons. The van der Waals surface area contributed by atoms with Crippen LogP contribution in [0.25, 0.3) is 10.2 Å². The molecule has 3 aromatic heterocycles. The molecule has 0 spiro atoms. The summed E-state index contributed by atoms with van der Waals surface area (Å²) in [7, 11) is 0. The Morgan fingerprint density at radius 1 is 1.39 bits per heavy atom. The first-order valence-corrected chi connectivity index (χ1v) is 7.82. The molecule has 0 unspecified atom stereocenters. The van der Waals surface area contributed by atoms with E-state index in [1.165, 1.54) is 35.1 Å². The van der Waals surface area contributed by atoms with Crippen LogP contribution in [0.5, 0.6) is 0 Å². The van der Waals surface area contributed by atoms with E-state index in [0.29, 0.717) is 11.6 Å². The van der Waals surface area contributed by atoms with E-state index in [1.54, 1.807) is 11.3 Å². The number of nitro groups is 1. The van der Waals surface area contributed by atoms with Gasteiger partial charge in [-0.3, -0.25) is 15.5 Å². The molecule has 1 aliphatic rings. The van der Waals surface area contributed by atoms with Crippen LogP contribution in [0.4, 0.5) is 11.7 Å². The van der Waals surface area contributed by atoms with Crippen LogP contribution in [0.15, 0.2) is 28.0 Å². The van der Waals surface area contributed by atoms with Crippen LogP contribution in [0.1, 0.15) is 22.6 Å². The number of aromatic nitrogens is 2. The summed E-state index contributed by atoms with van der Waals surface area (Å²) in [5.74, 6) is 0.628. The molecule has 0 amide bonds. The van der Waals surface area contributed by atoms with E-state index in [2.05, 4.69) is 20.5 Å². The molecule has 0 aliphatic heterocycles. The van der Waals surface area contributed by atoms with Crippen LogP contribution in [0.3, 0.4) is 0 Å². The summed E-state index contributed by atoms with van der Waals surface area (Å²) >= 11 is 1.70. The fourth-order valence-corrected chi connectivity index (χ4v) is 3.91. The summed E-state index contributed by atoms with van der Waals surface area (Å²) in [6.45, 7) is 0. The molecule has 23 heavy (non-hydrogen) atoms. The molecule has 0 bridgehead atoms. The molecule has 4 rings (SSSR count). The van der Waals surface area contributed by atoms with Crippen LogP contribution in [-0.2, 0) is 12.8 Å². The first kappa shape index (κ1) is 13.8. The first-order valence-electron chi connectivity index (χ1n) is 7.01. The lowest BCUT2D eigenvalue weighted by Crippen LogP contribution is -1.95. The van der Waals surface area contributed by atoms with Gasteiger partial charge in [0.15, 0.2) is 11.6 Å². The van der Waals surface area contributed by atoms with Gasteiger partial charge in [0.25, 0.3) is 0 Å². The standard InChI is InChI=1S/C14H11N5O3S/c20-19(21)11-5-4-8(22-11)6-17-18-13-12-9-2-1-3-10(9)23-14(12)16-7-15-13/h4-7H,1-3H2,(H,15,16,18)/b17-6+. The van der Waals surface area contributed by atoms with Crippen LogP contribution < -0.4 is 5.43 Å². The van der Waals surface area contributed by atoms with Crippen molar-refractivity contribution in [2.45, 2.75) is 19.3 Å². The van der Waals surface area contributed by atoms with Gasteiger partial charge in [-0.2, -0.15) is 5.10 Å². The van der Waals surface area contributed by atoms with Crippen molar-refractivity contribution < 1.29 is 9.34 Å². The minimum Gasteiger partial charge on any atom is -0.400 e. The van der Waals surface area contributed by atoms with Crippen LogP contribution in [0.2, 0.25) is 0 Å². The number of nitrogens with zero attached hydrogens (tertiary/aromatic N) is 4. The summed E-state index contributed by atoms with van der Waals surface area (Å²) in [5, 5.41) is 15.7. The Hall–Kier alpha value is -2.81. The molecule has 0 aromatic carbocycles. The van der Waals surface area contributed by atoms with E-state index < -0.39 is 4.92 Å². The van der Waals surface area contributed by atoms with Crippen molar-refractivity contribution >= 4 is 39.5 Å². The third-order valence-corrected chi connectivity index (χ3v) is 4.86. The highest BCUT2D eigenvalue weighted by Crippen LogP contribution is 2.38. The van der Waals surface area contributed by atoms with E-state index in [9.17, 15) is 10.1 Å². The minimum atomic E-state index is -0.590. The number of hydrazone groups is 1. The van der Waals surface area contributed by atoms with Gasteiger partial charge in [0, 0.05) is 4.88 Å². The van der Waals surface area contributed by atoms with Crippen LogP contribution in [0, 0.1) is 10.1 Å². The second-order valence-corrected chi connectivity index (χ2v) is 6.15. The highest BCUT2D eigenvalue weighted by Gasteiger charge is 2.21. The zero-order valence-electron chi connectivity index (χ0n) is 11.9. The van der Waals surface area contributed by atoms with Gasteiger partial charge in [-0.05, 0) is 30.9 Å². The normalized spacial score (nSPS) is 13.7. The fraction of sp³-hybridized carbons (Fsp3) is 0.214. The molecule has 0 saturated carbocycles. The number of hydrogen-bond acceptors (Lipinski definition) is 8. The molecular weight excluding hydrogens is 318 g/mol. The lowest BCUT2D eigenvalue weighted by atomic mass is 10.2. The fourth-order valence-electron chi connectivity index (χ4n) is 2.68. The summed E-state index contributed by atoms with van der Waals surface area (Å²) in [4.78, 5) is 20.9. The lowest BCUT2D eigenvalue weighted by Gasteiger charge is -2.02.